The molecule has 0 aromatic heterocycles. The number of nitrogens with two attached hydrogens (primary N) is 1. The first-order valence-corrected chi connectivity index (χ1v) is 5.62. The van der Waals surface area contributed by atoms with Gasteiger partial charge in [0, 0.05) is 7.11 Å². The van der Waals surface area contributed by atoms with Crippen molar-refractivity contribution in [1.29, 1.82) is 0 Å². The molecular weight excluding hydrogens is 214 g/mol. The molecule has 0 bridgehead atoms. The van der Waals surface area contributed by atoms with Gasteiger partial charge in [-0.3, -0.25) is 0 Å². The first kappa shape index (κ1) is 13.6. The highest BCUT2D eigenvalue weighted by Crippen LogP contribution is 2.20. The Morgan fingerprint density at radius 1 is 1.41 bits per heavy atom. The summed E-state index contributed by atoms with van der Waals surface area (Å²) in [6, 6.07) is 5.93. The highest BCUT2D eigenvalue weighted by molar-refractivity contribution is 5.48. The van der Waals surface area contributed by atoms with Crippen molar-refractivity contribution in [3.05, 3.63) is 29.3 Å². The number of hydrogen-bond donors (Lipinski definition) is 1. The highest BCUT2D eigenvalue weighted by atomic mass is 16.5. The zero-order valence-electron chi connectivity index (χ0n) is 10.6. The normalized spacial score (nSPS) is 11.5. The molecule has 0 saturated carbocycles. The average molecular weight is 233 g/mol. The summed E-state index contributed by atoms with van der Waals surface area (Å²) in [6.07, 6.45) is 0.00105. The zero-order valence-corrected chi connectivity index (χ0v) is 10.6. The molecule has 1 rings (SSSR count). The molecule has 0 fully saturated rings. The van der Waals surface area contributed by atoms with Crippen LogP contribution in [-0.4, -0.2) is 26.4 Å². The fraction of sp³-hybridized carbons (Fsp3) is 0.429. The number of benzene rings is 1. The third-order valence-electron chi connectivity index (χ3n) is 2.19. The first-order chi connectivity index (χ1) is 8.17. The van der Waals surface area contributed by atoms with E-state index in [2.05, 4.69) is 11.8 Å². The molecule has 0 amide bonds. The van der Waals surface area contributed by atoms with E-state index in [0.29, 0.717) is 13.2 Å². The molecule has 0 aliphatic rings. The van der Waals surface area contributed by atoms with Crippen molar-refractivity contribution < 1.29 is 9.47 Å². The van der Waals surface area contributed by atoms with Crippen LogP contribution in [0.3, 0.4) is 0 Å². The number of ether oxygens (including phenoxy) is 2. The summed E-state index contributed by atoms with van der Waals surface area (Å²) in [5.41, 5.74) is 7.40. The lowest BCUT2D eigenvalue weighted by Crippen LogP contribution is -2.18. The van der Waals surface area contributed by atoms with Crippen LogP contribution in [0, 0.1) is 18.8 Å². The molecule has 0 saturated heterocycles. The van der Waals surface area contributed by atoms with Gasteiger partial charge in [0.15, 0.2) is 0 Å². The molecule has 1 aromatic rings. The number of methoxy groups -OCH3 is 1. The van der Waals surface area contributed by atoms with Gasteiger partial charge in [0.1, 0.15) is 11.9 Å². The second-order valence-electron chi connectivity index (χ2n) is 3.89. The van der Waals surface area contributed by atoms with Crippen molar-refractivity contribution in [2.45, 2.75) is 20.0 Å². The fourth-order valence-electron chi connectivity index (χ4n) is 1.48. The molecule has 1 aromatic carbocycles. The predicted molar refractivity (Wildman–Crippen MR) is 69.1 cm³/mol. The van der Waals surface area contributed by atoms with Crippen molar-refractivity contribution in [3.8, 4) is 17.6 Å². The van der Waals surface area contributed by atoms with Crippen molar-refractivity contribution in [3.63, 3.8) is 0 Å². The Bertz CT molecular complexity index is 418. The van der Waals surface area contributed by atoms with E-state index in [4.69, 9.17) is 15.2 Å². The van der Waals surface area contributed by atoms with Crippen molar-refractivity contribution in [2.75, 3.05) is 20.3 Å². The van der Waals surface area contributed by atoms with Gasteiger partial charge in [0.25, 0.3) is 0 Å². The number of aryl methyl sites for hydroxylation is 1. The van der Waals surface area contributed by atoms with Crippen molar-refractivity contribution in [2.24, 2.45) is 5.73 Å². The summed E-state index contributed by atoms with van der Waals surface area (Å²) in [5.74, 6) is 6.64. The Labute approximate surface area is 103 Å². The van der Waals surface area contributed by atoms with Gasteiger partial charge in [-0.2, -0.15) is 0 Å². The van der Waals surface area contributed by atoms with E-state index in [9.17, 15) is 0 Å². The van der Waals surface area contributed by atoms with Gasteiger partial charge in [-0.15, -0.1) is 0 Å². The van der Waals surface area contributed by atoms with Crippen LogP contribution in [0.25, 0.3) is 0 Å². The van der Waals surface area contributed by atoms with Crippen LogP contribution < -0.4 is 10.5 Å². The summed E-state index contributed by atoms with van der Waals surface area (Å²) in [5, 5.41) is 0. The molecule has 0 aliphatic heterocycles. The third-order valence-corrected chi connectivity index (χ3v) is 2.19. The second-order valence-corrected chi connectivity index (χ2v) is 3.89. The maximum absolute atomic E-state index is 5.77. The van der Waals surface area contributed by atoms with Crippen LogP contribution in [-0.2, 0) is 4.74 Å². The summed E-state index contributed by atoms with van der Waals surface area (Å²) in [6.45, 7) is 4.89. The van der Waals surface area contributed by atoms with Gasteiger partial charge in [0.05, 0.1) is 18.7 Å². The van der Waals surface area contributed by atoms with E-state index < -0.39 is 0 Å². The van der Waals surface area contributed by atoms with Gasteiger partial charge < -0.3 is 15.2 Å². The quantitative estimate of drug-likeness (QED) is 0.805. The van der Waals surface area contributed by atoms with Crippen LogP contribution in [0.4, 0.5) is 0 Å². The summed E-state index contributed by atoms with van der Waals surface area (Å²) >= 11 is 0. The van der Waals surface area contributed by atoms with E-state index >= 15 is 0 Å². The Morgan fingerprint density at radius 3 is 2.82 bits per heavy atom. The molecule has 0 aliphatic carbocycles. The molecule has 3 heteroatoms. The largest absolute Gasteiger partial charge is 0.487 e. The Morgan fingerprint density at radius 2 is 2.18 bits per heavy atom. The molecule has 0 spiro atoms. The molecule has 0 radical (unpaired) electrons. The monoisotopic (exact) mass is 233 g/mol. The third kappa shape index (κ3) is 4.48. The van der Waals surface area contributed by atoms with E-state index in [0.717, 1.165) is 16.9 Å². The predicted octanol–water partition coefficient (Wildman–Crippen LogP) is 1.72. The fourth-order valence-corrected chi connectivity index (χ4v) is 1.48. The maximum atomic E-state index is 5.77. The van der Waals surface area contributed by atoms with Crippen LogP contribution in [0.5, 0.6) is 5.75 Å². The minimum atomic E-state index is 0.00105. The van der Waals surface area contributed by atoms with E-state index in [1.165, 1.54) is 0 Å². The lowest BCUT2D eigenvalue weighted by molar-refractivity contribution is 0.0919. The Hall–Kier alpha value is -1.50. The van der Waals surface area contributed by atoms with Crippen LogP contribution in [0.15, 0.2) is 18.2 Å². The highest BCUT2D eigenvalue weighted by Gasteiger charge is 2.07. The van der Waals surface area contributed by atoms with E-state index in [1.54, 1.807) is 7.11 Å². The number of rotatable bonds is 4. The zero-order chi connectivity index (χ0) is 12.7. The number of hydrogen-bond acceptors (Lipinski definition) is 3. The minimum absolute atomic E-state index is 0.00105. The van der Waals surface area contributed by atoms with Crippen LogP contribution >= 0.6 is 0 Å². The average Bonchev–Trinajstić information content (AvgIpc) is 2.30. The van der Waals surface area contributed by atoms with Gasteiger partial charge >= 0.3 is 0 Å². The molecule has 1 unspecified atom stereocenters. The molecule has 0 heterocycles. The topological polar surface area (TPSA) is 44.5 Å². The van der Waals surface area contributed by atoms with Crippen LogP contribution in [0.2, 0.25) is 0 Å². The summed E-state index contributed by atoms with van der Waals surface area (Å²) < 4.78 is 10.8. The standard InChI is InChI=1S/C14H19NO2/c1-11-6-7-14(17-12(2)10-16-3)13(9-11)5-4-8-15/h6-7,9,12H,8,10,15H2,1-3H3. The molecule has 1 atom stereocenters. The van der Waals surface area contributed by atoms with E-state index in [-0.39, 0.29) is 6.10 Å². The minimum Gasteiger partial charge on any atom is -0.487 e. The lowest BCUT2D eigenvalue weighted by Gasteiger charge is -2.15. The maximum Gasteiger partial charge on any atom is 0.135 e. The second kappa shape index (κ2) is 6.95. The van der Waals surface area contributed by atoms with Crippen molar-refractivity contribution >= 4 is 0 Å². The van der Waals surface area contributed by atoms with Gasteiger partial charge in [-0.1, -0.05) is 17.9 Å². The Kier molecular flexibility index (Phi) is 5.55. The Balaban J connectivity index is 2.89. The summed E-state index contributed by atoms with van der Waals surface area (Å²) in [7, 11) is 1.66. The van der Waals surface area contributed by atoms with Gasteiger partial charge in [-0.05, 0) is 31.5 Å². The van der Waals surface area contributed by atoms with E-state index in [1.807, 2.05) is 32.0 Å². The molecule has 92 valence electrons. The first-order valence-electron chi connectivity index (χ1n) is 5.62. The molecule has 17 heavy (non-hydrogen) atoms. The summed E-state index contributed by atoms with van der Waals surface area (Å²) in [4.78, 5) is 0. The van der Waals surface area contributed by atoms with Gasteiger partial charge in [0.2, 0.25) is 0 Å². The smallest absolute Gasteiger partial charge is 0.135 e. The molecule has 3 nitrogen and oxygen atoms in total. The lowest BCUT2D eigenvalue weighted by atomic mass is 10.1. The van der Waals surface area contributed by atoms with Crippen LogP contribution in [0.1, 0.15) is 18.1 Å². The molecular formula is C14H19NO2. The molecule has 2 N–H and O–H groups in total. The van der Waals surface area contributed by atoms with Crippen molar-refractivity contribution in [1.82, 2.24) is 0 Å². The van der Waals surface area contributed by atoms with Gasteiger partial charge in [-0.25, -0.2) is 0 Å². The SMILES string of the molecule is COCC(C)Oc1ccc(C)cc1C#CCN.